The molecule has 3 nitrogen and oxygen atoms in total. The number of nitrogens with one attached hydrogen (secondary N) is 1. The third-order valence-electron chi connectivity index (χ3n) is 4.31. The molecule has 1 aromatic heterocycles. The number of rotatable bonds is 3. The minimum atomic E-state index is -0.293. The second-order valence-corrected chi connectivity index (χ2v) is 7.04. The molecule has 0 spiro atoms. The Morgan fingerprint density at radius 1 is 1.08 bits per heavy atom. The van der Waals surface area contributed by atoms with Crippen LogP contribution in [0.15, 0.2) is 48.5 Å². The fourth-order valence-electron chi connectivity index (χ4n) is 3.09. The molecule has 5 heteroatoms. The highest BCUT2D eigenvalue weighted by atomic mass is 32.1. The summed E-state index contributed by atoms with van der Waals surface area (Å²) in [4.78, 5) is 15.3. The van der Waals surface area contributed by atoms with Crippen molar-refractivity contribution in [2.75, 3.05) is 23.3 Å². The molecular formula is C19H17FN2OS. The smallest absolute Gasteiger partial charge is 0.265 e. The van der Waals surface area contributed by atoms with Crippen LogP contribution in [0.5, 0.6) is 0 Å². The van der Waals surface area contributed by atoms with Gasteiger partial charge in [-0.3, -0.25) is 4.79 Å². The van der Waals surface area contributed by atoms with Crippen LogP contribution in [-0.2, 0) is 0 Å². The Hall–Kier alpha value is -2.40. The SMILES string of the molecule is O=C(Nc1cccc(N2CCCC2)c1)c1cc2c(F)cccc2s1. The van der Waals surface area contributed by atoms with Gasteiger partial charge in [-0.05, 0) is 49.2 Å². The number of carbonyl (C=O) groups excluding carboxylic acids is 1. The largest absolute Gasteiger partial charge is 0.371 e. The average Bonchev–Trinajstić information content (AvgIpc) is 3.25. The van der Waals surface area contributed by atoms with Gasteiger partial charge in [-0.25, -0.2) is 4.39 Å². The van der Waals surface area contributed by atoms with Crippen molar-refractivity contribution in [2.24, 2.45) is 0 Å². The van der Waals surface area contributed by atoms with Crippen LogP contribution in [0.3, 0.4) is 0 Å². The van der Waals surface area contributed by atoms with Crippen molar-refractivity contribution < 1.29 is 9.18 Å². The van der Waals surface area contributed by atoms with Gasteiger partial charge >= 0.3 is 0 Å². The molecule has 1 N–H and O–H groups in total. The van der Waals surface area contributed by atoms with Crippen LogP contribution < -0.4 is 10.2 Å². The summed E-state index contributed by atoms with van der Waals surface area (Å²) in [7, 11) is 0. The zero-order chi connectivity index (χ0) is 16.5. The molecule has 2 heterocycles. The molecule has 3 aromatic rings. The lowest BCUT2D eigenvalue weighted by molar-refractivity contribution is 0.103. The van der Waals surface area contributed by atoms with Gasteiger partial charge in [-0.15, -0.1) is 11.3 Å². The first-order valence-corrected chi connectivity index (χ1v) is 8.87. The molecule has 0 bridgehead atoms. The van der Waals surface area contributed by atoms with E-state index in [0.29, 0.717) is 10.3 Å². The number of nitrogens with zero attached hydrogens (tertiary/aromatic N) is 1. The number of thiophene rings is 1. The van der Waals surface area contributed by atoms with Crippen molar-refractivity contribution >= 4 is 38.7 Å². The highest BCUT2D eigenvalue weighted by Crippen LogP contribution is 2.29. The lowest BCUT2D eigenvalue weighted by atomic mass is 10.2. The zero-order valence-corrected chi connectivity index (χ0v) is 13.9. The Labute approximate surface area is 143 Å². The van der Waals surface area contributed by atoms with Crippen molar-refractivity contribution in [3.8, 4) is 0 Å². The topological polar surface area (TPSA) is 32.3 Å². The molecular weight excluding hydrogens is 323 g/mol. The van der Waals surface area contributed by atoms with Crippen LogP contribution in [-0.4, -0.2) is 19.0 Å². The van der Waals surface area contributed by atoms with E-state index in [-0.39, 0.29) is 11.7 Å². The van der Waals surface area contributed by atoms with E-state index in [0.717, 1.165) is 29.2 Å². The number of halogens is 1. The summed E-state index contributed by atoms with van der Waals surface area (Å²) in [5, 5.41) is 3.42. The third-order valence-corrected chi connectivity index (χ3v) is 5.41. The molecule has 1 amide bonds. The molecule has 1 aliphatic rings. The van der Waals surface area contributed by atoms with E-state index in [1.807, 2.05) is 24.3 Å². The van der Waals surface area contributed by atoms with E-state index >= 15 is 0 Å². The summed E-state index contributed by atoms with van der Waals surface area (Å²) in [6, 6.07) is 14.4. The minimum absolute atomic E-state index is 0.200. The van der Waals surface area contributed by atoms with Crippen LogP contribution >= 0.6 is 11.3 Å². The fourth-order valence-corrected chi connectivity index (χ4v) is 4.06. The predicted molar refractivity (Wildman–Crippen MR) is 97.6 cm³/mol. The molecule has 1 fully saturated rings. The minimum Gasteiger partial charge on any atom is -0.371 e. The van der Waals surface area contributed by atoms with Gasteiger partial charge in [0.1, 0.15) is 5.82 Å². The highest BCUT2D eigenvalue weighted by Gasteiger charge is 2.15. The molecule has 0 aliphatic carbocycles. The van der Waals surface area contributed by atoms with E-state index in [1.54, 1.807) is 12.1 Å². The molecule has 4 rings (SSSR count). The van der Waals surface area contributed by atoms with E-state index < -0.39 is 0 Å². The van der Waals surface area contributed by atoms with Crippen LogP contribution in [0, 0.1) is 5.82 Å². The number of hydrogen-bond acceptors (Lipinski definition) is 3. The molecule has 0 atom stereocenters. The Kier molecular flexibility index (Phi) is 3.94. The molecule has 0 radical (unpaired) electrons. The first-order valence-electron chi connectivity index (χ1n) is 8.05. The maximum atomic E-state index is 13.8. The quantitative estimate of drug-likeness (QED) is 0.736. The van der Waals surface area contributed by atoms with E-state index in [9.17, 15) is 9.18 Å². The van der Waals surface area contributed by atoms with E-state index in [2.05, 4.69) is 16.3 Å². The number of anilines is 2. The summed E-state index contributed by atoms with van der Waals surface area (Å²) in [6.07, 6.45) is 2.42. The van der Waals surface area contributed by atoms with E-state index in [4.69, 9.17) is 0 Å². The van der Waals surface area contributed by atoms with Gasteiger partial charge in [0.15, 0.2) is 0 Å². The molecule has 1 aliphatic heterocycles. The second-order valence-electron chi connectivity index (χ2n) is 5.96. The maximum absolute atomic E-state index is 13.8. The highest BCUT2D eigenvalue weighted by molar-refractivity contribution is 7.20. The lowest BCUT2D eigenvalue weighted by Gasteiger charge is -2.18. The Morgan fingerprint density at radius 3 is 2.67 bits per heavy atom. The molecule has 0 saturated carbocycles. The number of amides is 1. The van der Waals surface area contributed by atoms with Crippen molar-refractivity contribution in [1.29, 1.82) is 0 Å². The zero-order valence-electron chi connectivity index (χ0n) is 13.1. The maximum Gasteiger partial charge on any atom is 0.265 e. The Bertz CT molecular complexity index is 899. The van der Waals surface area contributed by atoms with Crippen molar-refractivity contribution in [2.45, 2.75) is 12.8 Å². The summed E-state index contributed by atoms with van der Waals surface area (Å²) in [5.74, 6) is -0.493. The summed E-state index contributed by atoms with van der Waals surface area (Å²) in [6.45, 7) is 2.12. The molecule has 122 valence electrons. The Balaban J connectivity index is 1.56. The third kappa shape index (κ3) is 2.87. The summed E-state index contributed by atoms with van der Waals surface area (Å²) in [5.41, 5.74) is 1.90. The molecule has 0 unspecified atom stereocenters. The van der Waals surface area contributed by atoms with Gasteiger partial charge in [0.2, 0.25) is 0 Å². The standard InChI is InChI=1S/C19H17FN2OS/c20-16-7-4-8-17-15(16)12-18(24-17)19(23)21-13-5-3-6-14(11-13)22-9-1-2-10-22/h3-8,11-12H,1-2,9-10H2,(H,21,23). The van der Waals surface area contributed by atoms with Gasteiger partial charge in [0.05, 0.1) is 4.88 Å². The van der Waals surface area contributed by atoms with Crippen molar-refractivity contribution in [1.82, 2.24) is 0 Å². The normalized spacial score (nSPS) is 14.3. The fraction of sp³-hybridized carbons (Fsp3) is 0.211. The first-order chi connectivity index (χ1) is 11.7. The second kappa shape index (κ2) is 6.24. The number of hydrogen-bond donors (Lipinski definition) is 1. The number of fused-ring (bicyclic) bond motifs is 1. The van der Waals surface area contributed by atoms with Gasteiger partial charge in [0.25, 0.3) is 5.91 Å². The molecule has 2 aromatic carbocycles. The first kappa shape index (κ1) is 15.1. The van der Waals surface area contributed by atoms with Crippen molar-refractivity contribution in [3.63, 3.8) is 0 Å². The van der Waals surface area contributed by atoms with Crippen LogP contribution in [0.1, 0.15) is 22.5 Å². The monoisotopic (exact) mass is 340 g/mol. The van der Waals surface area contributed by atoms with Crippen molar-refractivity contribution in [3.05, 3.63) is 59.2 Å². The van der Waals surface area contributed by atoms with Crippen LogP contribution in [0.2, 0.25) is 0 Å². The summed E-state index contributed by atoms with van der Waals surface area (Å²) >= 11 is 1.31. The van der Waals surface area contributed by atoms with Crippen LogP contribution in [0.25, 0.3) is 10.1 Å². The van der Waals surface area contributed by atoms with Gasteiger partial charge in [-0.1, -0.05) is 12.1 Å². The predicted octanol–water partition coefficient (Wildman–Crippen LogP) is 4.89. The average molecular weight is 340 g/mol. The van der Waals surface area contributed by atoms with Crippen LogP contribution in [0.4, 0.5) is 15.8 Å². The van der Waals surface area contributed by atoms with Gasteiger partial charge in [-0.2, -0.15) is 0 Å². The summed E-state index contributed by atoms with van der Waals surface area (Å²) < 4.78 is 14.6. The number of carbonyl (C=O) groups is 1. The molecule has 1 saturated heterocycles. The number of benzene rings is 2. The Morgan fingerprint density at radius 2 is 1.88 bits per heavy atom. The van der Waals surface area contributed by atoms with E-state index in [1.165, 1.54) is 30.2 Å². The molecule has 24 heavy (non-hydrogen) atoms. The van der Waals surface area contributed by atoms with Gasteiger partial charge in [0, 0.05) is 34.6 Å². The lowest BCUT2D eigenvalue weighted by Crippen LogP contribution is -2.18. The van der Waals surface area contributed by atoms with Gasteiger partial charge < -0.3 is 10.2 Å².